The zero-order valence-electron chi connectivity index (χ0n) is 15.3. The highest BCUT2D eigenvalue weighted by atomic mass is 19.1. The van der Waals surface area contributed by atoms with Crippen molar-refractivity contribution in [2.75, 3.05) is 18.5 Å². The largest absolute Gasteiger partial charge is 0.485 e. The Labute approximate surface area is 154 Å². The predicted molar refractivity (Wildman–Crippen MR) is 101 cm³/mol. The zero-order chi connectivity index (χ0) is 19.7. The molecule has 0 aliphatic heterocycles. The Morgan fingerprint density at radius 1 is 1.15 bits per heavy atom. The van der Waals surface area contributed by atoms with Crippen molar-refractivity contribution in [1.29, 1.82) is 0 Å². The summed E-state index contributed by atoms with van der Waals surface area (Å²) < 4.78 is 35.5. The first-order chi connectivity index (χ1) is 12.8. The van der Waals surface area contributed by atoms with Crippen LogP contribution < -0.4 is 15.5 Å². The number of anilines is 2. The van der Waals surface area contributed by atoms with E-state index in [9.17, 15) is 13.6 Å². The van der Waals surface area contributed by atoms with Gasteiger partial charge in [0, 0.05) is 7.05 Å². The normalized spacial score (nSPS) is 11.0. The number of hydrogen-bond donors (Lipinski definition) is 2. The number of ether oxygens (including phenoxy) is 1. The molecule has 0 saturated heterocycles. The number of fused-ring (bicyclic) bond motifs is 1. The number of aryl methyl sites for hydroxylation is 2. The van der Waals surface area contributed by atoms with Crippen LogP contribution in [0.3, 0.4) is 0 Å². The molecular weight excluding hydrogens is 354 g/mol. The summed E-state index contributed by atoms with van der Waals surface area (Å²) in [4.78, 5) is 13.0. The molecule has 0 amide bonds. The molecule has 3 aromatic rings. The summed E-state index contributed by atoms with van der Waals surface area (Å²) >= 11 is 0. The number of aromatic nitrogens is 1. The van der Waals surface area contributed by atoms with Gasteiger partial charge in [-0.25, -0.2) is 8.78 Å². The summed E-state index contributed by atoms with van der Waals surface area (Å²) in [6.07, 6.45) is 0. The van der Waals surface area contributed by atoms with Crippen LogP contribution in [0.1, 0.15) is 11.3 Å². The first-order valence-electron chi connectivity index (χ1n) is 8.43. The lowest BCUT2D eigenvalue weighted by Crippen LogP contribution is -2.18. The van der Waals surface area contributed by atoms with Crippen LogP contribution in [0.25, 0.3) is 10.9 Å². The molecule has 27 heavy (non-hydrogen) atoms. The van der Waals surface area contributed by atoms with Crippen molar-refractivity contribution in [2.24, 2.45) is 7.05 Å². The topological polar surface area (TPSA) is 63.5 Å². The number of nitrogens with one attached hydrogen (secondary N) is 1. The summed E-state index contributed by atoms with van der Waals surface area (Å²) in [5.41, 5.74) is 1.41. The fourth-order valence-corrected chi connectivity index (χ4v) is 2.99. The van der Waals surface area contributed by atoms with Crippen LogP contribution in [0.2, 0.25) is 0 Å². The highest BCUT2D eigenvalue weighted by Crippen LogP contribution is 2.30. The van der Waals surface area contributed by atoms with E-state index in [1.54, 1.807) is 31.5 Å². The van der Waals surface area contributed by atoms with Gasteiger partial charge in [0.05, 0.1) is 34.6 Å². The van der Waals surface area contributed by atoms with Gasteiger partial charge in [-0.3, -0.25) is 4.79 Å². The van der Waals surface area contributed by atoms with Crippen molar-refractivity contribution in [2.45, 2.75) is 13.8 Å². The molecular formula is C20H20F2N2O3. The number of pyridine rings is 1. The van der Waals surface area contributed by atoms with Gasteiger partial charge >= 0.3 is 0 Å². The Balaban J connectivity index is 2.25. The Morgan fingerprint density at radius 3 is 2.56 bits per heavy atom. The average Bonchev–Trinajstić information content (AvgIpc) is 2.61. The molecule has 142 valence electrons. The number of aliphatic hydroxyl groups is 1. The Morgan fingerprint density at radius 2 is 1.89 bits per heavy atom. The van der Waals surface area contributed by atoms with Crippen LogP contribution in [-0.2, 0) is 7.05 Å². The molecule has 0 bridgehead atoms. The summed E-state index contributed by atoms with van der Waals surface area (Å²) in [6.45, 7) is 3.14. The van der Waals surface area contributed by atoms with E-state index in [4.69, 9.17) is 9.84 Å². The first-order valence-corrected chi connectivity index (χ1v) is 8.43. The highest BCUT2D eigenvalue weighted by molar-refractivity contribution is 5.94. The van der Waals surface area contributed by atoms with Gasteiger partial charge in [-0.1, -0.05) is 6.07 Å². The van der Waals surface area contributed by atoms with Crippen molar-refractivity contribution < 1.29 is 18.6 Å². The van der Waals surface area contributed by atoms with E-state index in [1.807, 2.05) is 0 Å². The van der Waals surface area contributed by atoms with Gasteiger partial charge in [-0.05, 0) is 43.7 Å². The minimum Gasteiger partial charge on any atom is -0.485 e. The molecule has 0 aliphatic carbocycles. The number of hydrogen-bond acceptors (Lipinski definition) is 4. The van der Waals surface area contributed by atoms with E-state index < -0.39 is 17.1 Å². The monoisotopic (exact) mass is 374 g/mol. The Bertz CT molecular complexity index is 1080. The zero-order valence-corrected chi connectivity index (χ0v) is 15.3. The third kappa shape index (κ3) is 3.50. The molecule has 1 aromatic heterocycles. The smallest absolute Gasteiger partial charge is 0.233 e. The second-order valence-corrected chi connectivity index (χ2v) is 6.33. The molecule has 0 unspecified atom stereocenters. The Kier molecular flexibility index (Phi) is 5.14. The SMILES string of the molecule is Cc1ccc(Nc2cc(F)cc3c2c(=O)c(OCCO)c(C)n3C)c(F)c1. The lowest BCUT2D eigenvalue weighted by molar-refractivity contribution is 0.199. The van der Waals surface area contributed by atoms with Gasteiger partial charge in [0.2, 0.25) is 5.43 Å². The second-order valence-electron chi connectivity index (χ2n) is 6.33. The van der Waals surface area contributed by atoms with E-state index in [1.165, 1.54) is 18.2 Å². The summed E-state index contributed by atoms with van der Waals surface area (Å²) in [5, 5.41) is 12.0. The minimum absolute atomic E-state index is 0.0435. The van der Waals surface area contributed by atoms with Crippen molar-refractivity contribution >= 4 is 22.3 Å². The maximum absolute atomic E-state index is 14.2. The molecule has 2 N–H and O–H groups in total. The van der Waals surface area contributed by atoms with E-state index in [0.29, 0.717) is 11.2 Å². The highest BCUT2D eigenvalue weighted by Gasteiger charge is 2.18. The number of rotatable bonds is 5. The van der Waals surface area contributed by atoms with Gasteiger partial charge in [0.1, 0.15) is 18.2 Å². The standard InChI is InChI=1S/C20H20F2N2O3/c1-11-4-5-15(14(22)8-11)23-16-9-13(21)10-17-18(16)19(26)20(27-7-6-25)12(2)24(17)3/h4-5,8-10,23,25H,6-7H2,1-3H3. The van der Waals surface area contributed by atoms with Gasteiger partial charge in [0.15, 0.2) is 5.75 Å². The molecule has 0 aliphatic rings. The van der Waals surface area contributed by atoms with Crippen molar-refractivity contribution in [3.05, 3.63) is 63.4 Å². The van der Waals surface area contributed by atoms with Crippen LogP contribution in [0.15, 0.2) is 35.1 Å². The van der Waals surface area contributed by atoms with Gasteiger partial charge in [0.25, 0.3) is 0 Å². The molecule has 0 fully saturated rings. The van der Waals surface area contributed by atoms with E-state index in [0.717, 1.165) is 11.6 Å². The van der Waals surface area contributed by atoms with E-state index in [2.05, 4.69) is 5.32 Å². The summed E-state index contributed by atoms with van der Waals surface area (Å²) in [6, 6.07) is 6.99. The third-order valence-electron chi connectivity index (χ3n) is 4.44. The molecule has 0 atom stereocenters. The molecule has 7 heteroatoms. The van der Waals surface area contributed by atoms with Crippen LogP contribution in [0.5, 0.6) is 5.75 Å². The van der Waals surface area contributed by atoms with Gasteiger partial charge < -0.3 is 19.7 Å². The molecule has 0 saturated carbocycles. The molecule has 0 spiro atoms. The van der Waals surface area contributed by atoms with Crippen LogP contribution >= 0.6 is 0 Å². The number of halogens is 2. The van der Waals surface area contributed by atoms with Crippen molar-refractivity contribution in [3.8, 4) is 5.75 Å². The predicted octanol–water partition coefficient (Wildman–Crippen LogP) is 3.55. The number of nitrogens with zero attached hydrogens (tertiary/aromatic N) is 1. The lowest BCUT2D eigenvalue weighted by atomic mass is 10.1. The maximum atomic E-state index is 14.2. The summed E-state index contributed by atoms with van der Waals surface area (Å²) in [7, 11) is 1.68. The first kappa shape index (κ1) is 18.8. The van der Waals surface area contributed by atoms with Crippen molar-refractivity contribution in [1.82, 2.24) is 4.57 Å². The average molecular weight is 374 g/mol. The quantitative estimate of drug-likeness (QED) is 0.717. The van der Waals surface area contributed by atoms with E-state index in [-0.39, 0.29) is 35.7 Å². The molecule has 0 radical (unpaired) electrons. The van der Waals surface area contributed by atoms with Gasteiger partial charge in [-0.2, -0.15) is 0 Å². The second kappa shape index (κ2) is 7.36. The molecule has 2 aromatic carbocycles. The van der Waals surface area contributed by atoms with Crippen LogP contribution in [-0.4, -0.2) is 22.9 Å². The maximum Gasteiger partial charge on any atom is 0.233 e. The molecule has 1 heterocycles. The lowest BCUT2D eigenvalue weighted by Gasteiger charge is -2.17. The fraction of sp³-hybridized carbons (Fsp3) is 0.250. The molecule has 3 rings (SSSR count). The summed E-state index contributed by atoms with van der Waals surface area (Å²) in [5.74, 6) is -0.998. The molecule has 5 nitrogen and oxygen atoms in total. The number of aliphatic hydroxyl groups excluding tert-OH is 1. The van der Waals surface area contributed by atoms with Crippen LogP contribution in [0.4, 0.5) is 20.2 Å². The fourth-order valence-electron chi connectivity index (χ4n) is 2.99. The number of benzene rings is 2. The van der Waals surface area contributed by atoms with Crippen molar-refractivity contribution in [3.63, 3.8) is 0 Å². The van der Waals surface area contributed by atoms with Gasteiger partial charge in [-0.15, -0.1) is 0 Å². The Hall–Kier alpha value is -2.93. The third-order valence-corrected chi connectivity index (χ3v) is 4.44. The van der Waals surface area contributed by atoms with Crippen LogP contribution in [0, 0.1) is 25.5 Å². The van der Waals surface area contributed by atoms with E-state index >= 15 is 0 Å². The minimum atomic E-state index is -0.559.